The van der Waals surface area contributed by atoms with E-state index in [9.17, 15) is 34.4 Å². The van der Waals surface area contributed by atoms with Crippen LogP contribution in [0, 0.1) is 26.1 Å². The van der Waals surface area contributed by atoms with Gasteiger partial charge in [-0.1, -0.05) is 25.4 Å². The standard InChI is InChI=1S/C27H35N7O10S/c1-4-6-19-21(15-28-36)31(3)25-24(19)29-26(30-27(25)35)20-14-18(7-8-22(20)42-13-5-2)45(41)32-11-9-17(10-12-32)23(44-34(39)40)16-43-33(37)38/h7-8,14-15,17,23,36H,4-6,9-13,16H2,1-3H3,(H,29,30,35)/b28-15+. The number of fused-ring (bicyclic) bond motifs is 1. The molecule has 3 aromatic rings. The van der Waals surface area contributed by atoms with E-state index in [0.29, 0.717) is 58.8 Å². The highest BCUT2D eigenvalue weighted by molar-refractivity contribution is 7.82. The summed E-state index contributed by atoms with van der Waals surface area (Å²) in [5, 5.41) is 31.9. The van der Waals surface area contributed by atoms with E-state index in [4.69, 9.17) is 9.72 Å². The average molecular weight is 650 g/mol. The number of benzene rings is 1. The lowest BCUT2D eigenvalue weighted by Gasteiger charge is -2.33. The number of aryl methyl sites for hydroxylation is 2. The van der Waals surface area contributed by atoms with Gasteiger partial charge in [0.25, 0.3) is 15.7 Å². The van der Waals surface area contributed by atoms with Gasteiger partial charge < -0.3 is 29.2 Å². The minimum Gasteiger partial charge on any atom is -0.493 e. The van der Waals surface area contributed by atoms with Crippen LogP contribution in [-0.4, -0.2) is 77.1 Å². The summed E-state index contributed by atoms with van der Waals surface area (Å²) in [5.74, 6) is 0.237. The molecule has 0 saturated carbocycles. The number of aromatic amines is 1. The van der Waals surface area contributed by atoms with Crippen molar-refractivity contribution < 1.29 is 34.0 Å². The summed E-state index contributed by atoms with van der Waals surface area (Å²) in [6, 6.07) is 4.99. The summed E-state index contributed by atoms with van der Waals surface area (Å²) in [7, 11) is 0.0279. The fourth-order valence-electron chi connectivity index (χ4n) is 5.48. The second kappa shape index (κ2) is 14.9. The molecule has 1 aliphatic heterocycles. The van der Waals surface area contributed by atoms with Gasteiger partial charge in [0.2, 0.25) is 0 Å². The molecule has 244 valence electrons. The van der Waals surface area contributed by atoms with Gasteiger partial charge in [0.1, 0.15) is 46.3 Å². The minimum atomic E-state index is -1.67. The Hall–Kier alpha value is -4.58. The molecular formula is C27H35N7O10S. The summed E-state index contributed by atoms with van der Waals surface area (Å²) in [5.41, 5.74) is 2.11. The monoisotopic (exact) mass is 649 g/mol. The van der Waals surface area contributed by atoms with E-state index in [2.05, 4.69) is 19.8 Å². The van der Waals surface area contributed by atoms with E-state index < -0.39 is 45.3 Å². The lowest BCUT2D eigenvalue weighted by atomic mass is 9.92. The van der Waals surface area contributed by atoms with Gasteiger partial charge in [-0.25, -0.2) is 13.5 Å². The highest BCUT2D eigenvalue weighted by Gasteiger charge is 2.32. The summed E-state index contributed by atoms with van der Waals surface area (Å²) in [6.45, 7) is 4.30. The van der Waals surface area contributed by atoms with Crippen LogP contribution in [-0.2, 0) is 34.1 Å². The molecule has 0 radical (unpaired) electrons. The van der Waals surface area contributed by atoms with Crippen LogP contribution in [0.1, 0.15) is 50.8 Å². The topological polar surface area (TPSA) is 218 Å². The predicted octanol–water partition coefficient (Wildman–Crippen LogP) is 3.00. The van der Waals surface area contributed by atoms with Crippen LogP contribution in [0.25, 0.3) is 22.4 Å². The minimum absolute atomic E-state index is 0.220. The molecule has 0 spiro atoms. The van der Waals surface area contributed by atoms with Crippen molar-refractivity contribution in [3.05, 3.63) is 60.0 Å². The Balaban J connectivity index is 1.66. The zero-order chi connectivity index (χ0) is 32.7. The van der Waals surface area contributed by atoms with E-state index >= 15 is 0 Å². The average Bonchev–Trinajstić information content (AvgIpc) is 3.28. The predicted molar refractivity (Wildman–Crippen MR) is 161 cm³/mol. The smallest absolute Gasteiger partial charge is 0.294 e. The number of aromatic nitrogens is 3. The number of H-pyrrole nitrogens is 1. The first-order chi connectivity index (χ1) is 21.6. The van der Waals surface area contributed by atoms with Gasteiger partial charge in [0.15, 0.2) is 0 Å². The maximum Gasteiger partial charge on any atom is 0.294 e. The molecule has 3 heterocycles. The van der Waals surface area contributed by atoms with Crippen LogP contribution in [0.2, 0.25) is 0 Å². The molecule has 2 atom stereocenters. The maximum absolute atomic E-state index is 13.7. The lowest BCUT2D eigenvalue weighted by Crippen LogP contribution is -2.41. The SMILES string of the molecule is CCCOc1ccc(S(=O)N2CCC(C(CO[N+](=O)[O-])O[N+](=O)[O-])CC2)cc1-c1nc2c(CCC)c(/C=N/O)n(C)c2c(=O)[nH]1. The second-order valence-electron chi connectivity index (χ2n) is 10.4. The molecule has 1 fully saturated rings. The van der Waals surface area contributed by atoms with Crippen LogP contribution < -0.4 is 10.3 Å². The number of oxime groups is 1. The van der Waals surface area contributed by atoms with Crippen LogP contribution >= 0.6 is 0 Å². The molecule has 0 aliphatic carbocycles. The molecule has 1 aromatic carbocycles. The Morgan fingerprint density at radius 3 is 2.58 bits per heavy atom. The van der Waals surface area contributed by atoms with Gasteiger partial charge in [-0.15, -0.1) is 20.2 Å². The number of ether oxygens (including phenoxy) is 1. The molecule has 1 saturated heterocycles. The van der Waals surface area contributed by atoms with Crippen LogP contribution in [0.3, 0.4) is 0 Å². The molecule has 4 rings (SSSR count). The largest absolute Gasteiger partial charge is 0.493 e. The van der Waals surface area contributed by atoms with Crippen molar-refractivity contribution in [2.45, 2.75) is 57.0 Å². The second-order valence-corrected chi connectivity index (χ2v) is 11.9. The van der Waals surface area contributed by atoms with Crippen molar-refractivity contribution >= 4 is 28.2 Å². The Morgan fingerprint density at radius 1 is 1.22 bits per heavy atom. The maximum atomic E-state index is 13.7. The number of hydrogen-bond donors (Lipinski definition) is 2. The molecule has 0 bridgehead atoms. The zero-order valence-corrected chi connectivity index (χ0v) is 25.9. The highest BCUT2D eigenvalue weighted by atomic mass is 32.2. The van der Waals surface area contributed by atoms with E-state index in [0.717, 1.165) is 18.4 Å². The zero-order valence-electron chi connectivity index (χ0n) is 25.0. The molecule has 2 aromatic heterocycles. The molecule has 2 N–H and O–H groups in total. The van der Waals surface area contributed by atoms with Crippen LogP contribution in [0.4, 0.5) is 0 Å². The normalized spacial score (nSPS) is 15.7. The number of hydrogen-bond acceptors (Lipinski definition) is 12. The summed E-state index contributed by atoms with van der Waals surface area (Å²) < 4.78 is 23.0. The van der Waals surface area contributed by atoms with Crippen molar-refractivity contribution in [3.63, 3.8) is 0 Å². The Kier molecular flexibility index (Phi) is 11.1. The van der Waals surface area contributed by atoms with Gasteiger partial charge in [-0.05, 0) is 49.8 Å². The van der Waals surface area contributed by atoms with Crippen LogP contribution in [0.5, 0.6) is 5.75 Å². The third-order valence-corrected chi connectivity index (χ3v) is 9.05. The van der Waals surface area contributed by atoms with Crippen molar-refractivity contribution in [2.24, 2.45) is 18.1 Å². The first-order valence-electron chi connectivity index (χ1n) is 14.4. The fraction of sp³-hybridized carbons (Fsp3) is 0.519. The third kappa shape index (κ3) is 7.56. The van der Waals surface area contributed by atoms with Crippen molar-refractivity contribution in [1.29, 1.82) is 0 Å². The highest BCUT2D eigenvalue weighted by Crippen LogP contribution is 2.33. The van der Waals surface area contributed by atoms with Crippen molar-refractivity contribution in [3.8, 4) is 17.1 Å². The van der Waals surface area contributed by atoms with Gasteiger partial charge in [0.05, 0.1) is 29.0 Å². The van der Waals surface area contributed by atoms with Gasteiger partial charge >= 0.3 is 0 Å². The molecule has 18 heteroatoms. The molecular weight excluding hydrogens is 614 g/mol. The van der Waals surface area contributed by atoms with Gasteiger partial charge in [0, 0.05) is 25.7 Å². The molecule has 0 amide bonds. The molecule has 2 unspecified atom stereocenters. The summed E-state index contributed by atoms with van der Waals surface area (Å²) >= 11 is 0. The van der Waals surface area contributed by atoms with E-state index in [-0.39, 0.29) is 18.9 Å². The molecule has 17 nitrogen and oxygen atoms in total. The van der Waals surface area contributed by atoms with Crippen molar-refractivity contribution in [1.82, 2.24) is 18.8 Å². The number of piperidine rings is 1. The number of nitrogens with one attached hydrogen (secondary N) is 1. The van der Waals surface area contributed by atoms with Gasteiger partial charge in [-0.2, -0.15) is 0 Å². The van der Waals surface area contributed by atoms with Gasteiger partial charge in [-0.3, -0.25) is 4.79 Å². The molecule has 1 aliphatic rings. The molecule has 45 heavy (non-hydrogen) atoms. The summed E-state index contributed by atoms with van der Waals surface area (Å²) in [4.78, 5) is 51.9. The Morgan fingerprint density at radius 2 is 1.96 bits per heavy atom. The fourth-order valence-corrected chi connectivity index (χ4v) is 6.72. The number of rotatable bonds is 15. The van der Waals surface area contributed by atoms with Crippen molar-refractivity contribution in [2.75, 3.05) is 26.3 Å². The Bertz CT molecular complexity index is 1650. The Labute approximate surface area is 259 Å². The summed E-state index contributed by atoms with van der Waals surface area (Å²) in [6.07, 6.45) is 2.86. The van der Waals surface area contributed by atoms with E-state index in [1.165, 1.54) is 6.21 Å². The third-order valence-electron chi connectivity index (χ3n) is 7.56. The van der Waals surface area contributed by atoms with Crippen LogP contribution in [0.15, 0.2) is 33.0 Å². The quantitative estimate of drug-likeness (QED) is 0.105. The number of nitrogens with zero attached hydrogens (tertiary/aromatic N) is 6. The van der Waals surface area contributed by atoms with E-state index in [1.807, 2.05) is 13.8 Å². The van der Waals surface area contributed by atoms with E-state index in [1.54, 1.807) is 34.1 Å². The lowest BCUT2D eigenvalue weighted by molar-refractivity contribution is -0.791. The first kappa shape index (κ1) is 33.3. The first-order valence-corrected chi connectivity index (χ1v) is 15.5.